The lowest BCUT2D eigenvalue weighted by Gasteiger charge is -2.32. The number of amides is 2. The van der Waals surface area contributed by atoms with Crippen molar-refractivity contribution in [2.75, 3.05) is 39.8 Å². The molecule has 1 rings (SSSR count). The minimum absolute atomic E-state index is 0.107. The second-order valence-electron chi connectivity index (χ2n) is 5.96. The highest BCUT2D eigenvalue weighted by Crippen LogP contribution is 2.03. The highest BCUT2D eigenvalue weighted by Gasteiger charge is 2.19. The van der Waals surface area contributed by atoms with Gasteiger partial charge in [0.15, 0.2) is 0 Å². The highest BCUT2D eigenvalue weighted by molar-refractivity contribution is 5.82. The lowest BCUT2D eigenvalue weighted by Crippen LogP contribution is -2.48. The second kappa shape index (κ2) is 8.21. The molecular weight excluding hydrogens is 256 g/mol. The Balaban J connectivity index is 2.20. The van der Waals surface area contributed by atoms with Crippen molar-refractivity contribution < 1.29 is 9.59 Å². The third-order valence-corrected chi connectivity index (χ3v) is 3.56. The molecule has 3 N–H and O–H groups in total. The number of piperazine rings is 1. The summed E-state index contributed by atoms with van der Waals surface area (Å²) in [6, 6.07) is -0.478. The molecule has 1 fully saturated rings. The molecule has 20 heavy (non-hydrogen) atoms. The van der Waals surface area contributed by atoms with Gasteiger partial charge in [-0.25, -0.2) is 0 Å². The standard InChI is InChI=1S/C14H28N4O2/c1-11(2)10-12(15)14(20)16-5-4-13(19)18-8-6-17(3)7-9-18/h11-12H,4-10,15H2,1-3H3,(H,16,20)/t12-/m0/s1. The van der Waals surface area contributed by atoms with Crippen LogP contribution >= 0.6 is 0 Å². The first-order chi connectivity index (χ1) is 9.40. The predicted molar refractivity (Wildman–Crippen MR) is 79.1 cm³/mol. The van der Waals surface area contributed by atoms with Crippen molar-refractivity contribution in [2.45, 2.75) is 32.7 Å². The van der Waals surface area contributed by atoms with Gasteiger partial charge in [0.2, 0.25) is 11.8 Å². The van der Waals surface area contributed by atoms with Crippen molar-refractivity contribution in [3.05, 3.63) is 0 Å². The maximum absolute atomic E-state index is 12.0. The van der Waals surface area contributed by atoms with Crippen LogP contribution in [0.4, 0.5) is 0 Å². The van der Waals surface area contributed by atoms with E-state index in [-0.39, 0.29) is 11.8 Å². The van der Waals surface area contributed by atoms with Crippen molar-refractivity contribution in [2.24, 2.45) is 11.7 Å². The maximum Gasteiger partial charge on any atom is 0.236 e. The van der Waals surface area contributed by atoms with Crippen LogP contribution in [0.1, 0.15) is 26.7 Å². The van der Waals surface area contributed by atoms with Gasteiger partial charge in [-0.05, 0) is 19.4 Å². The molecule has 1 atom stereocenters. The number of likely N-dealkylation sites (N-methyl/N-ethyl adjacent to an activating group) is 1. The van der Waals surface area contributed by atoms with Crippen LogP contribution in [-0.2, 0) is 9.59 Å². The van der Waals surface area contributed by atoms with Crippen LogP contribution in [0.25, 0.3) is 0 Å². The monoisotopic (exact) mass is 284 g/mol. The Morgan fingerprint density at radius 1 is 1.20 bits per heavy atom. The molecule has 0 aromatic rings. The number of hydrogen-bond donors (Lipinski definition) is 2. The van der Waals surface area contributed by atoms with Gasteiger partial charge < -0.3 is 20.9 Å². The molecule has 0 spiro atoms. The second-order valence-corrected chi connectivity index (χ2v) is 5.96. The molecule has 0 aliphatic carbocycles. The van der Waals surface area contributed by atoms with Gasteiger partial charge in [0.25, 0.3) is 0 Å². The number of nitrogens with one attached hydrogen (secondary N) is 1. The van der Waals surface area contributed by atoms with Gasteiger partial charge in [0.1, 0.15) is 0 Å². The van der Waals surface area contributed by atoms with E-state index in [2.05, 4.69) is 17.3 Å². The van der Waals surface area contributed by atoms with E-state index in [4.69, 9.17) is 5.73 Å². The number of rotatable bonds is 6. The zero-order valence-corrected chi connectivity index (χ0v) is 12.9. The van der Waals surface area contributed by atoms with E-state index in [0.717, 1.165) is 26.2 Å². The minimum Gasteiger partial charge on any atom is -0.354 e. The quantitative estimate of drug-likeness (QED) is 0.698. The molecular formula is C14H28N4O2. The molecule has 0 radical (unpaired) electrons. The van der Waals surface area contributed by atoms with Crippen molar-refractivity contribution in [3.63, 3.8) is 0 Å². The Morgan fingerprint density at radius 2 is 1.80 bits per heavy atom. The van der Waals surface area contributed by atoms with Gasteiger partial charge >= 0.3 is 0 Å². The number of nitrogens with zero attached hydrogens (tertiary/aromatic N) is 2. The average Bonchev–Trinajstić information content (AvgIpc) is 2.38. The fraction of sp³-hybridized carbons (Fsp3) is 0.857. The maximum atomic E-state index is 12.0. The van der Waals surface area contributed by atoms with E-state index in [0.29, 0.717) is 25.3 Å². The first-order valence-electron chi connectivity index (χ1n) is 7.39. The molecule has 1 saturated heterocycles. The number of carbonyl (C=O) groups is 2. The van der Waals surface area contributed by atoms with Crippen LogP contribution in [0.15, 0.2) is 0 Å². The molecule has 0 aromatic carbocycles. The zero-order valence-electron chi connectivity index (χ0n) is 12.9. The molecule has 116 valence electrons. The van der Waals surface area contributed by atoms with Crippen LogP contribution in [0.5, 0.6) is 0 Å². The van der Waals surface area contributed by atoms with E-state index in [1.54, 1.807) is 0 Å². The van der Waals surface area contributed by atoms with Crippen molar-refractivity contribution in [1.29, 1.82) is 0 Å². The van der Waals surface area contributed by atoms with Gasteiger partial charge in [-0.15, -0.1) is 0 Å². The summed E-state index contributed by atoms with van der Waals surface area (Å²) in [5.41, 5.74) is 5.78. The number of carbonyl (C=O) groups excluding carboxylic acids is 2. The van der Waals surface area contributed by atoms with Crippen LogP contribution in [0, 0.1) is 5.92 Å². The Labute approximate surface area is 121 Å². The molecule has 2 amide bonds. The predicted octanol–water partition coefficient (Wildman–Crippen LogP) is -0.360. The summed E-state index contributed by atoms with van der Waals surface area (Å²) in [7, 11) is 2.05. The molecule has 1 aliphatic heterocycles. The molecule has 1 heterocycles. The molecule has 0 unspecified atom stereocenters. The van der Waals surface area contributed by atoms with E-state index in [1.165, 1.54) is 0 Å². The summed E-state index contributed by atoms with van der Waals surface area (Å²) in [5.74, 6) is 0.337. The van der Waals surface area contributed by atoms with Crippen LogP contribution in [-0.4, -0.2) is 67.4 Å². The van der Waals surface area contributed by atoms with Gasteiger partial charge in [0, 0.05) is 39.1 Å². The zero-order chi connectivity index (χ0) is 15.1. The molecule has 0 bridgehead atoms. The Bertz CT molecular complexity index is 325. The summed E-state index contributed by atoms with van der Waals surface area (Å²) in [6.45, 7) is 7.81. The topological polar surface area (TPSA) is 78.7 Å². The number of hydrogen-bond acceptors (Lipinski definition) is 4. The summed E-state index contributed by atoms with van der Waals surface area (Å²) < 4.78 is 0. The largest absolute Gasteiger partial charge is 0.354 e. The van der Waals surface area contributed by atoms with Gasteiger partial charge in [-0.3, -0.25) is 9.59 Å². The van der Waals surface area contributed by atoms with Crippen LogP contribution in [0.2, 0.25) is 0 Å². The Hall–Kier alpha value is -1.14. The lowest BCUT2D eigenvalue weighted by molar-refractivity contribution is -0.132. The summed E-state index contributed by atoms with van der Waals surface area (Å²) >= 11 is 0. The highest BCUT2D eigenvalue weighted by atomic mass is 16.2. The number of nitrogens with two attached hydrogens (primary N) is 1. The average molecular weight is 284 g/mol. The SMILES string of the molecule is CC(C)C[C@H](N)C(=O)NCCC(=O)N1CCN(C)CC1. The first kappa shape index (κ1) is 16.9. The van der Waals surface area contributed by atoms with Gasteiger partial charge in [-0.1, -0.05) is 13.8 Å². The van der Waals surface area contributed by atoms with E-state index >= 15 is 0 Å². The lowest BCUT2D eigenvalue weighted by atomic mass is 10.0. The molecule has 0 saturated carbocycles. The summed E-state index contributed by atoms with van der Waals surface area (Å²) in [4.78, 5) is 27.7. The fourth-order valence-electron chi connectivity index (χ4n) is 2.25. The Morgan fingerprint density at radius 3 is 2.35 bits per heavy atom. The van der Waals surface area contributed by atoms with Gasteiger partial charge in [-0.2, -0.15) is 0 Å². The fourth-order valence-corrected chi connectivity index (χ4v) is 2.25. The molecule has 6 nitrogen and oxygen atoms in total. The molecule has 6 heteroatoms. The molecule has 0 aromatic heterocycles. The third-order valence-electron chi connectivity index (χ3n) is 3.56. The summed E-state index contributed by atoms with van der Waals surface area (Å²) in [6.07, 6.45) is 1.02. The minimum atomic E-state index is -0.478. The normalized spacial score (nSPS) is 18.1. The molecule has 1 aliphatic rings. The van der Waals surface area contributed by atoms with E-state index in [1.807, 2.05) is 18.7 Å². The third kappa shape index (κ3) is 5.88. The Kier molecular flexibility index (Phi) is 6.95. The first-order valence-corrected chi connectivity index (χ1v) is 7.39. The van der Waals surface area contributed by atoms with Crippen molar-refractivity contribution in [3.8, 4) is 0 Å². The van der Waals surface area contributed by atoms with Crippen LogP contribution < -0.4 is 11.1 Å². The van der Waals surface area contributed by atoms with E-state index < -0.39 is 6.04 Å². The summed E-state index contributed by atoms with van der Waals surface area (Å²) in [5, 5.41) is 2.74. The van der Waals surface area contributed by atoms with Crippen molar-refractivity contribution in [1.82, 2.24) is 15.1 Å². The smallest absolute Gasteiger partial charge is 0.236 e. The van der Waals surface area contributed by atoms with Crippen molar-refractivity contribution >= 4 is 11.8 Å². The van der Waals surface area contributed by atoms with E-state index in [9.17, 15) is 9.59 Å². The van der Waals surface area contributed by atoms with Gasteiger partial charge in [0.05, 0.1) is 6.04 Å². The van der Waals surface area contributed by atoms with Crippen LogP contribution in [0.3, 0.4) is 0 Å².